The van der Waals surface area contributed by atoms with Crippen LogP contribution in [0, 0.1) is 0 Å². The van der Waals surface area contributed by atoms with Crippen LogP contribution in [0.5, 0.6) is 0 Å². The van der Waals surface area contributed by atoms with Gasteiger partial charge in [-0.2, -0.15) is 0 Å². The molecule has 0 bridgehead atoms. The van der Waals surface area contributed by atoms with Crippen molar-refractivity contribution in [2.24, 2.45) is 0 Å². The molecule has 2 unspecified atom stereocenters. The molecule has 0 heterocycles. The largest absolute Gasteiger partial charge is 0.316 e. The van der Waals surface area contributed by atoms with E-state index in [2.05, 4.69) is 5.32 Å². The van der Waals surface area contributed by atoms with Crippen LogP contribution in [0.25, 0.3) is 0 Å². The Labute approximate surface area is 80.8 Å². The molecule has 3 nitrogen and oxygen atoms in total. The second kappa shape index (κ2) is 3.96. The summed E-state index contributed by atoms with van der Waals surface area (Å²) >= 11 is 0. The Morgan fingerprint density at radius 2 is 1.92 bits per heavy atom. The van der Waals surface area contributed by atoms with Crippen LogP contribution in [0.4, 0.5) is 0 Å². The molecular formula is C9H19NO2S. The van der Waals surface area contributed by atoms with Crippen molar-refractivity contribution >= 4 is 9.84 Å². The standard InChI is InChI=1S/C9H19NO2S/c1-7(2)13(11,12)9-6-4-5-8(9)10-3/h7-10H,4-6H2,1-3H3. The topological polar surface area (TPSA) is 46.2 Å². The fourth-order valence-corrected chi connectivity index (χ4v) is 3.92. The van der Waals surface area contributed by atoms with Crippen LogP contribution < -0.4 is 5.32 Å². The molecule has 1 fully saturated rings. The summed E-state index contributed by atoms with van der Waals surface area (Å²) in [5, 5.41) is 2.70. The van der Waals surface area contributed by atoms with Crippen LogP contribution in [0.2, 0.25) is 0 Å². The van der Waals surface area contributed by atoms with Crippen molar-refractivity contribution in [2.75, 3.05) is 7.05 Å². The Kier molecular flexibility index (Phi) is 3.35. The molecule has 0 aromatic heterocycles. The van der Waals surface area contributed by atoms with Crippen molar-refractivity contribution in [3.63, 3.8) is 0 Å². The van der Waals surface area contributed by atoms with Crippen LogP contribution in [0.15, 0.2) is 0 Å². The number of sulfone groups is 1. The predicted molar refractivity (Wildman–Crippen MR) is 54.5 cm³/mol. The molecule has 0 aliphatic heterocycles. The molecule has 0 saturated heterocycles. The Bertz CT molecular complexity index is 259. The number of nitrogens with one attached hydrogen (secondary N) is 1. The van der Waals surface area contributed by atoms with Crippen molar-refractivity contribution in [1.82, 2.24) is 5.32 Å². The first-order chi connectivity index (χ1) is 6.00. The number of hydrogen-bond donors (Lipinski definition) is 1. The predicted octanol–water partition coefficient (Wildman–Crippen LogP) is 0.950. The Balaban J connectivity index is 2.82. The lowest BCUT2D eigenvalue weighted by Gasteiger charge is -2.21. The Hall–Kier alpha value is -0.0900. The van der Waals surface area contributed by atoms with Gasteiger partial charge in [-0.3, -0.25) is 0 Å². The maximum absolute atomic E-state index is 11.9. The van der Waals surface area contributed by atoms with E-state index in [0.29, 0.717) is 0 Å². The fourth-order valence-electron chi connectivity index (χ4n) is 2.00. The van der Waals surface area contributed by atoms with E-state index in [1.807, 2.05) is 7.05 Å². The number of hydrogen-bond acceptors (Lipinski definition) is 3. The summed E-state index contributed by atoms with van der Waals surface area (Å²) in [5.41, 5.74) is 0. The van der Waals surface area contributed by atoms with Gasteiger partial charge in [0, 0.05) is 6.04 Å². The third-order valence-corrected chi connectivity index (χ3v) is 5.62. The molecule has 1 aliphatic carbocycles. The molecule has 0 amide bonds. The first-order valence-electron chi connectivity index (χ1n) is 4.90. The zero-order chi connectivity index (χ0) is 10.1. The molecule has 0 radical (unpaired) electrons. The van der Waals surface area contributed by atoms with E-state index in [-0.39, 0.29) is 16.5 Å². The van der Waals surface area contributed by atoms with Gasteiger partial charge in [-0.05, 0) is 33.7 Å². The van der Waals surface area contributed by atoms with Crippen LogP contribution in [-0.4, -0.2) is 32.0 Å². The van der Waals surface area contributed by atoms with E-state index in [4.69, 9.17) is 0 Å². The van der Waals surface area contributed by atoms with Crippen molar-refractivity contribution in [1.29, 1.82) is 0 Å². The van der Waals surface area contributed by atoms with Gasteiger partial charge >= 0.3 is 0 Å². The van der Waals surface area contributed by atoms with Gasteiger partial charge in [0.25, 0.3) is 0 Å². The molecule has 1 rings (SSSR count). The molecule has 13 heavy (non-hydrogen) atoms. The van der Waals surface area contributed by atoms with E-state index in [9.17, 15) is 8.42 Å². The van der Waals surface area contributed by atoms with Gasteiger partial charge in [0.1, 0.15) is 0 Å². The van der Waals surface area contributed by atoms with Crippen LogP contribution in [0.1, 0.15) is 33.1 Å². The summed E-state index contributed by atoms with van der Waals surface area (Å²) in [4.78, 5) is 0. The summed E-state index contributed by atoms with van der Waals surface area (Å²) in [6.07, 6.45) is 2.85. The Morgan fingerprint density at radius 3 is 2.38 bits per heavy atom. The van der Waals surface area contributed by atoms with Gasteiger partial charge < -0.3 is 5.32 Å². The third kappa shape index (κ3) is 2.05. The highest BCUT2D eigenvalue weighted by Crippen LogP contribution is 2.27. The molecule has 2 atom stereocenters. The summed E-state index contributed by atoms with van der Waals surface area (Å²) in [6, 6.07) is 0.174. The fraction of sp³-hybridized carbons (Fsp3) is 1.00. The molecule has 1 N–H and O–H groups in total. The molecule has 1 aliphatic rings. The van der Waals surface area contributed by atoms with Crippen LogP contribution >= 0.6 is 0 Å². The second-order valence-corrected chi connectivity index (χ2v) is 6.73. The van der Waals surface area contributed by atoms with E-state index in [0.717, 1.165) is 19.3 Å². The van der Waals surface area contributed by atoms with Gasteiger partial charge in [0.05, 0.1) is 10.5 Å². The van der Waals surface area contributed by atoms with Gasteiger partial charge in [0.15, 0.2) is 9.84 Å². The third-order valence-electron chi connectivity index (χ3n) is 2.90. The summed E-state index contributed by atoms with van der Waals surface area (Å²) in [6.45, 7) is 3.53. The lowest BCUT2D eigenvalue weighted by atomic mass is 10.2. The first-order valence-corrected chi connectivity index (χ1v) is 6.51. The molecule has 1 saturated carbocycles. The molecule has 0 spiro atoms. The quantitative estimate of drug-likeness (QED) is 0.746. The van der Waals surface area contributed by atoms with Crippen molar-refractivity contribution in [3.05, 3.63) is 0 Å². The smallest absolute Gasteiger partial charge is 0.156 e. The second-order valence-electron chi connectivity index (χ2n) is 4.00. The zero-order valence-electron chi connectivity index (χ0n) is 8.58. The minimum absolute atomic E-state index is 0.155. The van der Waals surface area contributed by atoms with E-state index >= 15 is 0 Å². The normalized spacial score (nSPS) is 29.8. The van der Waals surface area contributed by atoms with Crippen molar-refractivity contribution in [3.8, 4) is 0 Å². The van der Waals surface area contributed by atoms with Gasteiger partial charge in [-0.15, -0.1) is 0 Å². The number of rotatable bonds is 3. The highest BCUT2D eigenvalue weighted by molar-refractivity contribution is 7.92. The van der Waals surface area contributed by atoms with Gasteiger partial charge in [0.2, 0.25) is 0 Å². The highest BCUT2D eigenvalue weighted by atomic mass is 32.2. The zero-order valence-corrected chi connectivity index (χ0v) is 9.39. The maximum atomic E-state index is 11.9. The average molecular weight is 205 g/mol. The maximum Gasteiger partial charge on any atom is 0.156 e. The van der Waals surface area contributed by atoms with Crippen LogP contribution in [0.3, 0.4) is 0 Å². The molecule has 78 valence electrons. The molecule has 0 aromatic carbocycles. The molecule has 0 aromatic rings. The van der Waals surface area contributed by atoms with E-state index in [1.165, 1.54) is 0 Å². The lowest BCUT2D eigenvalue weighted by molar-refractivity contribution is 0.532. The minimum atomic E-state index is -2.90. The van der Waals surface area contributed by atoms with Gasteiger partial charge in [-0.25, -0.2) is 8.42 Å². The minimum Gasteiger partial charge on any atom is -0.316 e. The van der Waals surface area contributed by atoms with Crippen LogP contribution in [-0.2, 0) is 9.84 Å². The van der Waals surface area contributed by atoms with E-state index < -0.39 is 9.84 Å². The Morgan fingerprint density at radius 1 is 1.31 bits per heavy atom. The summed E-state index contributed by atoms with van der Waals surface area (Å²) in [5.74, 6) is 0. The summed E-state index contributed by atoms with van der Waals surface area (Å²) < 4.78 is 23.7. The highest BCUT2D eigenvalue weighted by Gasteiger charge is 2.37. The van der Waals surface area contributed by atoms with Crippen molar-refractivity contribution < 1.29 is 8.42 Å². The lowest BCUT2D eigenvalue weighted by Crippen LogP contribution is -2.41. The monoisotopic (exact) mass is 205 g/mol. The SMILES string of the molecule is CNC1CCCC1S(=O)(=O)C(C)C. The average Bonchev–Trinajstić information content (AvgIpc) is 2.51. The first kappa shape index (κ1) is 11.0. The molecular weight excluding hydrogens is 186 g/mol. The molecule has 4 heteroatoms. The summed E-state index contributed by atoms with van der Waals surface area (Å²) in [7, 11) is -1.05. The van der Waals surface area contributed by atoms with Crippen molar-refractivity contribution in [2.45, 2.75) is 49.7 Å². The van der Waals surface area contributed by atoms with Gasteiger partial charge in [-0.1, -0.05) is 6.42 Å². The van der Waals surface area contributed by atoms with E-state index in [1.54, 1.807) is 13.8 Å².